The maximum atomic E-state index is 12.8. The van der Waals surface area contributed by atoms with E-state index in [0.29, 0.717) is 31.9 Å². The van der Waals surface area contributed by atoms with Crippen molar-refractivity contribution in [2.45, 2.75) is 32.8 Å². The second kappa shape index (κ2) is 7.04. The number of benzene rings is 1. The third kappa shape index (κ3) is 3.49. The summed E-state index contributed by atoms with van der Waals surface area (Å²) in [4.78, 5) is 26.3. The molecule has 0 spiro atoms. The van der Waals surface area contributed by atoms with Crippen LogP contribution < -0.4 is 4.74 Å². The van der Waals surface area contributed by atoms with Gasteiger partial charge in [0.1, 0.15) is 5.75 Å². The normalized spacial score (nSPS) is 25.7. The second-order valence-corrected chi connectivity index (χ2v) is 7.21. The number of carboxylic acid groups (broad SMARTS) is 1. The summed E-state index contributed by atoms with van der Waals surface area (Å²) in [6.07, 6.45) is 0.703. The fourth-order valence-corrected chi connectivity index (χ4v) is 3.78. The number of rotatable bonds is 5. The van der Waals surface area contributed by atoms with Crippen LogP contribution in [0.3, 0.4) is 0 Å². The van der Waals surface area contributed by atoms with Gasteiger partial charge in [-0.1, -0.05) is 18.2 Å². The van der Waals surface area contributed by atoms with E-state index in [9.17, 15) is 14.7 Å². The van der Waals surface area contributed by atoms with Gasteiger partial charge in [0.2, 0.25) is 5.91 Å². The highest BCUT2D eigenvalue weighted by Gasteiger charge is 2.54. The van der Waals surface area contributed by atoms with Crippen molar-refractivity contribution in [3.05, 3.63) is 29.8 Å². The summed E-state index contributed by atoms with van der Waals surface area (Å²) in [5.74, 6) is -0.307. The molecule has 2 saturated heterocycles. The lowest BCUT2D eigenvalue weighted by Crippen LogP contribution is -2.45. The number of carbonyl (C=O) groups excluding carboxylic acids is 1. The Bertz CT molecular complexity index is 659. The van der Waals surface area contributed by atoms with E-state index in [2.05, 4.69) is 0 Å². The molecule has 0 aromatic heterocycles. The van der Waals surface area contributed by atoms with Crippen LogP contribution in [0.1, 0.15) is 25.8 Å². The van der Waals surface area contributed by atoms with Crippen LogP contribution in [0.15, 0.2) is 24.3 Å². The summed E-state index contributed by atoms with van der Waals surface area (Å²) in [5.41, 5.74) is -0.0290. The molecule has 6 nitrogen and oxygen atoms in total. The molecule has 2 atom stereocenters. The van der Waals surface area contributed by atoms with Gasteiger partial charge in [0.15, 0.2) is 0 Å². The molecule has 2 aliphatic heterocycles. The lowest BCUT2D eigenvalue weighted by atomic mass is 9.74. The first kappa shape index (κ1) is 17.7. The van der Waals surface area contributed by atoms with Gasteiger partial charge >= 0.3 is 5.97 Å². The van der Waals surface area contributed by atoms with E-state index in [-0.39, 0.29) is 30.9 Å². The van der Waals surface area contributed by atoms with Crippen molar-refractivity contribution in [2.24, 2.45) is 11.3 Å². The van der Waals surface area contributed by atoms with Crippen LogP contribution in [0.4, 0.5) is 0 Å². The maximum absolute atomic E-state index is 12.8. The number of ether oxygens (including phenoxy) is 2. The second-order valence-electron chi connectivity index (χ2n) is 7.21. The lowest BCUT2D eigenvalue weighted by molar-refractivity contribution is -0.157. The molecule has 1 aromatic rings. The zero-order chi connectivity index (χ0) is 18.0. The SMILES string of the molecule is CC(C)Oc1ccccc1CC(=O)N1C[C@H]2COCC[C@@]2(C(=O)O)C1. The van der Waals surface area contributed by atoms with Crippen LogP contribution in [-0.2, 0) is 20.7 Å². The van der Waals surface area contributed by atoms with Crippen LogP contribution in [0.25, 0.3) is 0 Å². The van der Waals surface area contributed by atoms with Gasteiger partial charge in [-0.05, 0) is 26.3 Å². The van der Waals surface area contributed by atoms with Crippen LogP contribution >= 0.6 is 0 Å². The van der Waals surface area contributed by atoms with E-state index in [1.807, 2.05) is 38.1 Å². The molecule has 136 valence electrons. The Morgan fingerprint density at radius 1 is 1.40 bits per heavy atom. The predicted molar refractivity (Wildman–Crippen MR) is 91.5 cm³/mol. The van der Waals surface area contributed by atoms with Crippen molar-refractivity contribution in [1.29, 1.82) is 0 Å². The Morgan fingerprint density at radius 3 is 2.84 bits per heavy atom. The number of likely N-dealkylation sites (tertiary alicyclic amines) is 1. The molecule has 0 radical (unpaired) electrons. The first-order valence-corrected chi connectivity index (χ1v) is 8.76. The van der Waals surface area contributed by atoms with Gasteiger partial charge in [-0.3, -0.25) is 9.59 Å². The van der Waals surface area contributed by atoms with Crippen LogP contribution in [0.5, 0.6) is 5.75 Å². The van der Waals surface area contributed by atoms with Crippen molar-refractivity contribution < 1.29 is 24.2 Å². The minimum Gasteiger partial charge on any atom is -0.491 e. The predicted octanol–water partition coefficient (Wildman–Crippen LogP) is 1.97. The number of carboxylic acids is 1. The molecule has 3 rings (SSSR count). The number of aliphatic carboxylic acids is 1. The summed E-state index contributed by atoms with van der Waals surface area (Å²) in [6.45, 7) is 5.44. The van der Waals surface area contributed by atoms with Gasteiger partial charge in [-0.25, -0.2) is 0 Å². The zero-order valence-electron chi connectivity index (χ0n) is 14.7. The number of hydrogen-bond donors (Lipinski definition) is 1. The molecule has 1 amide bonds. The van der Waals surface area contributed by atoms with Crippen molar-refractivity contribution in [2.75, 3.05) is 26.3 Å². The topological polar surface area (TPSA) is 76.1 Å². The number of fused-ring (bicyclic) bond motifs is 1. The number of hydrogen-bond acceptors (Lipinski definition) is 4. The summed E-state index contributed by atoms with van der Waals surface area (Å²) in [5, 5.41) is 9.72. The number of carbonyl (C=O) groups is 2. The highest BCUT2D eigenvalue weighted by atomic mass is 16.5. The molecule has 2 fully saturated rings. The minimum atomic E-state index is -0.859. The first-order valence-electron chi connectivity index (χ1n) is 8.76. The standard InChI is InChI=1S/C19H25NO5/c1-13(2)25-16-6-4-3-5-14(16)9-17(21)20-10-15-11-24-8-7-19(15,12-20)18(22)23/h3-6,13,15H,7-12H2,1-2H3,(H,22,23)/t15-,19+/m0/s1. The summed E-state index contributed by atoms with van der Waals surface area (Å²) >= 11 is 0. The fraction of sp³-hybridized carbons (Fsp3) is 0.579. The Morgan fingerprint density at radius 2 is 2.16 bits per heavy atom. The van der Waals surface area contributed by atoms with Crippen molar-refractivity contribution in [1.82, 2.24) is 4.90 Å². The Hall–Kier alpha value is -2.08. The minimum absolute atomic E-state index is 0.0262. The molecule has 2 heterocycles. The summed E-state index contributed by atoms with van der Waals surface area (Å²) < 4.78 is 11.2. The van der Waals surface area contributed by atoms with Gasteiger partial charge in [-0.2, -0.15) is 0 Å². The van der Waals surface area contributed by atoms with Gasteiger partial charge in [0.25, 0.3) is 0 Å². The molecule has 6 heteroatoms. The molecule has 25 heavy (non-hydrogen) atoms. The van der Waals surface area contributed by atoms with E-state index in [0.717, 1.165) is 5.56 Å². The van der Waals surface area contributed by atoms with Gasteiger partial charge in [-0.15, -0.1) is 0 Å². The van der Waals surface area contributed by atoms with Crippen molar-refractivity contribution >= 4 is 11.9 Å². The lowest BCUT2D eigenvalue weighted by Gasteiger charge is -2.33. The third-order valence-corrected chi connectivity index (χ3v) is 5.16. The molecule has 1 N–H and O–H groups in total. The zero-order valence-corrected chi connectivity index (χ0v) is 14.7. The third-order valence-electron chi connectivity index (χ3n) is 5.16. The Kier molecular flexibility index (Phi) is 4.99. The van der Waals surface area contributed by atoms with Crippen molar-refractivity contribution in [3.63, 3.8) is 0 Å². The molecule has 0 saturated carbocycles. The van der Waals surface area contributed by atoms with E-state index >= 15 is 0 Å². The average molecular weight is 347 g/mol. The highest BCUT2D eigenvalue weighted by molar-refractivity contribution is 5.83. The van der Waals surface area contributed by atoms with E-state index in [1.165, 1.54) is 0 Å². The number of amides is 1. The molecular weight excluding hydrogens is 322 g/mol. The monoisotopic (exact) mass is 347 g/mol. The average Bonchev–Trinajstić information content (AvgIpc) is 2.97. The number of nitrogens with zero attached hydrogens (tertiary/aromatic N) is 1. The van der Waals surface area contributed by atoms with Gasteiger partial charge in [0.05, 0.1) is 24.5 Å². The molecule has 1 aromatic carbocycles. The van der Waals surface area contributed by atoms with E-state index < -0.39 is 11.4 Å². The smallest absolute Gasteiger partial charge is 0.311 e. The van der Waals surface area contributed by atoms with Crippen molar-refractivity contribution in [3.8, 4) is 5.75 Å². The van der Waals surface area contributed by atoms with Crippen LogP contribution in [0, 0.1) is 11.3 Å². The Labute approximate surface area is 147 Å². The van der Waals surface area contributed by atoms with Gasteiger partial charge in [0, 0.05) is 31.2 Å². The summed E-state index contributed by atoms with van der Waals surface area (Å²) in [7, 11) is 0. The largest absolute Gasteiger partial charge is 0.491 e. The Balaban J connectivity index is 1.74. The fourth-order valence-electron chi connectivity index (χ4n) is 3.78. The van der Waals surface area contributed by atoms with Crippen LogP contribution in [0.2, 0.25) is 0 Å². The highest BCUT2D eigenvalue weighted by Crippen LogP contribution is 2.42. The summed E-state index contributed by atoms with van der Waals surface area (Å²) in [6, 6.07) is 7.51. The van der Waals surface area contributed by atoms with E-state index in [1.54, 1.807) is 4.90 Å². The molecular formula is C19H25NO5. The van der Waals surface area contributed by atoms with Crippen LogP contribution in [-0.4, -0.2) is 54.3 Å². The van der Waals surface area contributed by atoms with Gasteiger partial charge < -0.3 is 19.5 Å². The first-order chi connectivity index (χ1) is 11.9. The molecule has 0 unspecified atom stereocenters. The molecule has 0 aliphatic carbocycles. The number of para-hydroxylation sites is 1. The molecule has 2 aliphatic rings. The van der Waals surface area contributed by atoms with E-state index in [4.69, 9.17) is 9.47 Å². The maximum Gasteiger partial charge on any atom is 0.311 e. The quantitative estimate of drug-likeness (QED) is 0.881. The molecule has 0 bridgehead atoms.